The van der Waals surface area contributed by atoms with E-state index < -0.39 is 0 Å². The molecule has 0 aliphatic carbocycles. The molecule has 0 unspecified atom stereocenters. The van der Waals surface area contributed by atoms with Crippen molar-refractivity contribution in [3.8, 4) is 0 Å². The van der Waals surface area contributed by atoms with Gasteiger partial charge < -0.3 is 10.6 Å². The Morgan fingerprint density at radius 1 is 0.786 bits per heavy atom. The van der Waals surface area contributed by atoms with Gasteiger partial charge in [-0.25, -0.2) is 0 Å². The number of amides is 2. The zero-order valence-corrected chi connectivity index (χ0v) is 17.7. The number of pyridine rings is 1. The predicted octanol–water partition coefficient (Wildman–Crippen LogP) is 4.91. The van der Waals surface area contributed by atoms with Gasteiger partial charge in [-0.3, -0.25) is 14.6 Å². The zero-order chi connectivity index (χ0) is 20.3. The Balaban J connectivity index is 1.78. The van der Waals surface area contributed by atoms with Crippen molar-refractivity contribution in [3.05, 3.63) is 30.1 Å². The van der Waals surface area contributed by atoms with E-state index in [2.05, 4.69) is 15.6 Å². The van der Waals surface area contributed by atoms with Crippen LogP contribution in [0.1, 0.15) is 95.5 Å². The van der Waals surface area contributed by atoms with Gasteiger partial charge in [0.15, 0.2) is 0 Å². The monoisotopic (exact) mass is 389 g/mol. The maximum Gasteiger partial charge on any atom is 0.220 e. The lowest BCUT2D eigenvalue weighted by Gasteiger charge is -2.05. The van der Waals surface area contributed by atoms with Crippen LogP contribution in [0.5, 0.6) is 0 Å². The van der Waals surface area contributed by atoms with Crippen molar-refractivity contribution in [2.24, 2.45) is 0 Å². The summed E-state index contributed by atoms with van der Waals surface area (Å²) in [6.45, 7) is 0.570. The molecule has 0 radical (unpaired) electrons. The summed E-state index contributed by atoms with van der Waals surface area (Å²) in [5, 5.41) is 5.62. The van der Waals surface area contributed by atoms with Crippen molar-refractivity contribution in [1.82, 2.24) is 15.6 Å². The molecule has 1 aromatic heterocycles. The van der Waals surface area contributed by atoms with Crippen LogP contribution in [0.4, 0.5) is 0 Å². The molecule has 0 spiro atoms. The standard InChI is InChI=1S/C23H39N3O2/c1-24-22(27)16-12-10-8-6-4-2-3-5-7-9-11-13-17-23(28)26-20-21-15-14-18-25-19-21/h14-15,18-19H,2-13,16-17,20H2,1H3,(H,24,27)(H,26,28). The molecular weight excluding hydrogens is 350 g/mol. The average Bonchev–Trinajstić information content (AvgIpc) is 2.73. The number of carbonyl (C=O) groups excluding carboxylic acids is 2. The minimum absolute atomic E-state index is 0.138. The summed E-state index contributed by atoms with van der Waals surface area (Å²) in [6, 6.07) is 3.86. The number of aromatic nitrogens is 1. The van der Waals surface area contributed by atoms with E-state index in [-0.39, 0.29) is 11.8 Å². The SMILES string of the molecule is CNC(=O)CCCCCCCCCCCCCCC(=O)NCc1cccnc1. The summed E-state index contributed by atoms with van der Waals surface area (Å²) in [5.74, 6) is 0.296. The summed E-state index contributed by atoms with van der Waals surface area (Å²) in [7, 11) is 1.70. The van der Waals surface area contributed by atoms with Crippen LogP contribution >= 0.6 is 0 Å². The van der Waals surface area contributed by atoms with Crippen molar-refractivity contribution in [3.63, 3.8) is 0 Å². The fraction of sp³-hybridized carbons (Fsp3) is 0.696. The topological polar surface area (TPSA) is 71.1 Å². The van der Waals surface area contributed by atoms with Gasteiger partial charge in [-0.15, -0.1) is 0 Å². The molecule has 0 aromatic carbocycles. The van der Waals surface area contributed by atoms with Crippen molar-refractivity contribution in [2.45, 2.75) is 96.4 Å². The van der Waals surface area contributed by atoms with E-state index in [1.807, 2.05) is 12.1 Å². The van der Waals surface area contributed by atoms with Gasteiger partial charge in [-0.2, -0.15) is 0 Å². The van der Waals surface area contributed by atoms with E-state index in [0.29, 0.717) is 19.4 Å². The molecule has 5 heteroatoms. The Bertz CT molecular complexity index is 520. The first-order chi connectivity index (χ1) is 13.7. The molecule has 5 nitrogen and oxygen atoms in total. The smallest absolute Gasteiger partial charge is 0.220 e. The lowest BCUT2D eigenvalue weighted by Crippen LogP contribution is -2.22. The third kappa shape index (κ3) is 14.2. The molecule has 158 valence electrons. The lowest BCUT2D eigenvalue weighted by molar-refractivity contribution is -0.121. The van der Waals surface area contributed by atoms with E-state index >= 15 is 0 Å². The normalized spacial score (nSPS) is 10.6. The van der Waals surface area contributed by atoms with Crippen LogP contribution in [0.3, 0.4) is 0 Å². The van der Waals surface area contributed by atoms with Gasteiger partial charge in [0.25, 0.3) is 0 Å². The van der Waals surface area contributed by atoms with Crippen LogP contribution in [0.25, 0.3) is 0 Å². The molecule has 28 heavy (non-hydrogen) atoms. The predicted molar refractivity (Wildman–Crippen MR) is 115 cm³/mol. The Labute approximate surface area is 171 Å². The highest BCUT2D eigenvalue weighted by Gasteiger charge is 2.01. The number of carbonyl (C=O) groups is 2. The number of rotatable bonds is 17. The summed E-state index contributed by atoms with van der Waals surface area (Å²) >= 11 is 0. The van der Waals surface area contributed by atoms with Gasteiger partial charge >= 0.3 is 0 Å². The van der Waals surface area contributed by atoms with Crippen LogP contribution in [-0.4, -0.2) is 23.8 Å². The molecule has 1 aromatic rings. The highest BCUT2D eigenvalue weighted by Crippen LogP contribution is 2.13. The van der Waals surface area contributed by atoms with E-state index in [1.54, 1.807) is 19.4 Å². The third-order valence-corrected chi connectivity index (χ3v) is 5.05. The molecular formula is C23H39N3O2. The number of unbranched alkanes of at least 4 members (excludes halogenated alkanes) is 11. The maximum absolute atomic E-state index is 11.8. The van der Waals surface area contributed by atoms with E-state index in [0.717, 1.165) is 24.8 Å². The van der Waals surface area contributed by atoms with E-state index in [4.69, 9.17) is 0 Å². The minimum Gasteiger partial charge on any atom is -0.359 e. The lowest BCUT2D eigenvalue weighted by atomic mass is 10.0. The molecule has 0 saturated carbocycles. The first-order valence-electron chi connectivity index (χ1n) is 11.1. The van der Waals surface area contributed by atoms with Gasteiger partial charge in [0.2, 0.25) is 11.8 Å². The van der Waals surface area contributed by atoms with Crippen LogP contribution in [0.15, 0.2) is 24.5 Å². The second-order valence-electron chi connectivity index (χ2n) is 7.55. The maximum atomic E-state index is 11.8. The van der Waals surface area contributed by atoms with Gasteiger partial charge in [-0.1, -0.05) is 70.3 Å². The van der Waals surface area contributed by atoms with Crippen molar-refractivity contribution in [2.75, 3.05) is 7.05 Å². The quantitative estimate of drug-likeness (QED) is 0.372. The third-order valence-electron chi connectivity index (χ3n) is 5.05. The molecule has 0 fully saturated rings. The summed E-state index contributed by atoms with van der Waals surface area (Å²) < 4.78 is 0. The van der Waals surface area contributed by atoms with Crippen molar-refractivity contribution < 1.29 is 9.59 Å². The molecule has 2 amide bonds. The molecule has 0 saturated heterocycles. The molecule has 1 rings (SSSR count). The number of hydrogen-bond donors (Lipinski definition) is 2. The first kappa shape index (κ1) is 24.1. The molecule has 2 N–H and O–H groups in total. The second-order valence-corrected chi connectivity index (χ2v) is 7.55. The number of nitrogens with one attached hydrogen (secondary N) is 2. The van der Waals surface area contributed by atoms with E-state index in [1.165, 1.54) is 57.8 Å². The van der Waals surface area contributed by atoms with Crippen molar-refractivity contribution in [1.29, 1.82) is 0 Å². The molecule has 0 bridgehead atoms. The summed E-state index contributed by atoms with van der Waals surface area (Å²) in [6.07, 6.45) is 19.5. The van der Waals surface area contributed by atoms with Crippen LogP contribution < -0.4 is 10.6 Å². The molecule has 0 aliphatic heterocycles. The van der Waals surface area contributed by atoms with Crippen LogP contribution in [0, 0.1) is 0 Å². The van der Waals surface area contributed by atoms with E-state index in [9.17, 15) is 9.59 Å². The highest BCUT2D eigenvalue weighted by molar-refractivity contribution is 5.75. The van der Waals surface area contributed by atoms with Gasteiger partial charge in [0.05, 0.1) is 0 Å². The van der Waals surface area contributed by atoms with Gasteiger partial charge in [-0.05, 0) is 24.5 Å². The minimum atomic E-state index is 0.138. The Kier molecular flexibility index (Phi) is 14.8. The Hall–Kier alpha value is -1.91. The number of hydrogen-bond acceptors (Lipinski definition) is 3. The zero-order valence-electron chi connectivity index (χ0n) is 17.7. The van der Waals surface area contributed by atoms with Gasteiger partial charge in [0, 0.05) is 38.8 Å². The fourth-order valence-electron chi connectivity index (χ4n) is 3.26. The largest absolute Gasteiger partial charge is 0.359 e. The summed E-state index contributed by atoms with van der Waals surface area (Å²) in [4.78, 5) is 27.0. The average molecular weight is 390 g/mol. The van der Waals surface area contributed by atoms with Crippen molar-refractivity contribution >= 4 is 11.8 Å². The second kappa shape index (κ2) is 17.2. The highest BCUT2D eigenvalue weighted by atomic mass is 16.2. The fourth-order valence-corrected chi connectivity index (χ4v) is 3.26. The molecule has 0 aliphatic rings. The summed E-state index contributed by atoms with van der Waals surface area (Å²) in [5.41, 5.74) is 1.04. The van der Waals surface area contributed by atoms with Crippen LogP contribution in [0.2, 0.25) is 0 Å². The van der Waals surface area contributed by atoms with Gasteiger partial charge in [0.1, 0.15) is 0 Å². The first-order valence-corrected chi connectivity index (χ1v) is 11.1. The van der Waals surface area contributed by atoms with Crippen LogP contribution in [-0.2, 0) is 16.1 Å². The molecule has 0 atom stereocenters. The molecule has 1 heterocycles. The Morgan fingerprint density at radius 3 is 1.75 bits per heavy atom. The number of nitrogens with zero attached hydrogens (tertiary/aromatic N) is 1. The Morgan fingerprint density at radius 2 is 1.29 bits per heavy atom.